The number of amides is 1. The Morgan fingerprint density at radius 1 is 1.45 bits per heavy atom. The highest BCUT2D eigenvalue weighted by Crippen LogP contribution is 2.17. The maximum absolute atomic E-state index is 12.2. The molecular formula is C16H26N4O2. The van der Waals surface area contributed by atoms with Gasteiger partial charge < -0.3 is 15.0 Å². The van der Waals surface area contributed by atoms with Crippen LogP contribution in [0, 0.1) is 0 Å². The van der Waals surface area contributed by atoms with Crippen LogP contribution in [0.2, 0.25) is 0 Å². The predicted molar refractivity (Wildman–Crippen MR) is 84.4 cm³/mol. The average Bonchev–Trinajstić information content (AvgIpc) is 2.46. The molecule has 1 aromatic heterocycles. The lowest BCUT2D eigenvalue weighted by atomic mass is 10.0. The van der Waals surface area contributed by atoms with Crippen molar-refractivity contribution < 1.29 is 9.53 Å². The molecular weight excluding hydrogens is 280 g/mol. The number of rotatable bonds is 3. The summed E-state index contributed by atoms with van der Waals surface area (Å²) in [5, 5.41) is 3.53. The Morgan fingerprint density at radius 2 is 2.23 bits per heavy atom. The summed E-state index contributed by atoms with van der Waals surface area (Å²) >= 11 is 0. The van der Waals surface area contributed by atoms with Gasteiger partial charge in [-0.25, -0.2) is 4.79 Å². The van der Waals surface area contributed by atoms with Crippen molar-refractivity contribution in [3.63, 3.8) is 0 Å². The Balaban J connectivity index is 1.89. The highest BCUT2D eigenvalue weighted by Gasteiger charge is 2.28. The lowest BCUT2D eigenvalue weighted by Crippen LogP contribution is -2.49. The Hall–Kier alpha value is -1.69. The van der Waals surface area contributed by atoms with Gasteiger partial charge in [-0.2, -0.15) is 0 Å². The lowest BCUT2D eigenvalue weighted by molar-refractivity contribution is 0.0183. The van der Waals surface area contributed by atoms with Crippen LogP contribution in [0.3, 0.4) is 0 Å². The molecule has 0 aliphatic carbocycles. The van der Waals surface area contributed by atoms with Crippen molar-refractivity contribution in [2.75, 3.05) is 13.1 Å². The lowest BCUT2D eigenvalue weighted by Gasteiger charge is -2.35. The minimum Gasteiger partial charge on any atom is -0.444 e. The molecule has 6 nitrogen and oxygen atoms in total. The minimum atomic E-state index is -0.454. The summed E-state index contributed by atoms with van der Waals surface area (Å²) < 4.78 is 5.45. The Labute approximate surface area is 132 Å². The minimum absolute atomic E-state index is 0.109. The highest BCUT2D eigenvalue weighted by atomic mass is 16.6. The van der Waals surface area contributed by atoms with E-state index in [1.165, 1.54) is 0 Å². The zero-order valence-corrected chi connectivity index (χ0v) is 13.9. The molecule has 2 heterocycles. The molecule has 1 amide bonds. The first-order valence-electron chi connectivity index (χ1n) is 7.85. The molecule has 1 fully saturated rings. The van der Waals surface area contributed by atoms with Gasteiger partial charge >= 0.3 is 6.09 Å². The number of nitrogens with one attached hydrogen (secondary N) is 1. The Morgan fingerprint density at radius 3 is 2.86 bits per heavy atom. The van der Waals surface area contributed by atoms with Gasteiger partial charge in [0.25, 0.3) is 0 Å². The number of carbonyl (C=O) groups is 1. The molecule has 2 atom stereocenters. The molecule has 1 N–H and O–H groups in total. The van der Waals surface area contributed by atoms with Gasteiger partial charge in [-0.15, -0.1) is 0 Å². The third-order valence-corrected chi connectivity index (χ3v) is 3.59. The van der Waals surface area contributed by atoms with Crippen molar-refractivity contribution in [2.24, 2.45) is 0 Å². The second kappa shape index (κ2) is 7.05. The molecule has 0 unspecified atom stereocenters. The number of piperidine rings is 1. The Bertz CT molecular complexity index is 487. The highest BCUT2D eigenvalue weighted by molar-refractivity contribution is 5.68. The molecule has 0 aromatic carbocycles. The molecule has 1 saturated heterocycles. The summed E-state index contributed by atoms with van der Waals surface area (Å²) in [4.78, 5) is 22.4. The van der Waals surface area contributed by atoms with E-state index in [9.17, 15) is 4.79 Å². The van der Waals surface area contributed by atoms with E-state index in [4.69, 9.17) is 4.74 Å². The van der Waals surface area contributed by atoms with Crippen LogP contribution in [0.1, 0.15) is 52.3 Å². The molecule has 22 heavy (non-hydrogen) atoms. The molecule has 0 radical (unpaired) electrons. The first-order chi connectivity index (χ1) is 10.3. The van der Waals surface area contributed by atoms with Gasteiger partial charge in [-0.05, 0) is 40.5 Å². The van der Waals surface area contributed by atoms with Crippen molar-refractivity contribution in [1.82, 2.24) is 20.2 Å². The number of aromatic nitrogens is 2. The summed E-state index contributed by atoms with van der Waals surface area (Å²) in [6.07, 6.45) is 6.92. The van der Waals surface area contributed by atoms with Crippen molar-refractivity contribution in [1.29, 1.82) is 0 Å². The summed E-state index contributed by atoms with van der Waals surface area (Å²) in [6.45, 7) is 9.16. The summed E-state index contributed by atoms with van der Waals surface area (Å²) in [7, 11) is 0. The fraction of sp³-hybridized carbons (Fsp3) is 0.688. The van der Waals surface area contributed by atoms with E-state index in [-0.39, 0.29) is 18.2 Å². The summed E-state index contributed by atoms with van der Waals surface area (Å²) in [5.74, 6) is 0. The predicted octanol–water partition coefficient (Wildman–Crippen LogP) is 2.53. The smallest absolute Gasteiger partial charge is 0.410 e. The largest absolute Gasteiger partial charge is 0.444 e. The normalized spacial score (nSPS) is 20.5. The third-order valence-electron chi connectivity index (χ3n) is 3.59. The second-order valence-corrected chi connectivity index (χ2v) is 6.78. The van der Waals surface area contributed by atoms with Gasteiger partial charge in [0.2, 0.25) is 0 Å². The van der Waals surface area contributed by atoms with Crippen LogP contribution in [-0.2, 0) is 4.74 Å². The number of hydrogen-bond acceptors (Lipinski definition) is 5. The van der Waals surface area contributed by atoms with Gasteiger partial charge in [0.05, 0.1) is 5.69 Å². The van der Waals surface area contributed by atoms with Crippen LogP contribution in [0.25, 0.3) is 0 Å². The number of hydrogen-bond donors (Lipinski definition) is 1. The first-order valence-corrected chi connectivity index (χ1v) is 7.85. The molecule has 122 valence electrons. The van der Waals surface area contributed by atoms with E-state index in [0.717, 1.165) is 25.1 Å². The van der Waals surface area contributed by atoms with Gasteiger partial charge in [0.1, 0.15) is 5.60 Å². The van der Waals surface area contributed by atoms with Gasteiger partial charge in [-0.3, -0.25) is 9.97 Å². The molecule has 6 heteroatoms. The standard InChI is InChI=1S/C16H26N4O2/c1-12(14-10-17-7-8-18-14)19-13-6-5-9-20(11-13)15(21)22-16(2,3)4/h7-8,10,12-13,19H,5-6,9,11H2,1-4H3/t12-,13-/m1/s1. The fourth-order valence-corrected chi connectivity index (χ4v) is 2.58. The van der Waals surface area contributed by atoms with E-state index < -0.39 is 5.60 Å². The second-order valence-electron chi connectivity index (χ2n) is 6.78. The van der Waals surface area contributed by atoms with Gasteiger partial charge in [0.15, 0.2) is 0 Å². The third kappa shape index (κ3) is 4.94. The van der Waals surface area contributed by atoms with Crippen molar-refractivity contribution in [2.45, 2.75) is 58.2 Å². The van der Waals surface area contributed by atoms with E-state index >= 15 is 0 Å². The van der Waals surface area contributed by atoms with Crippen LogP contribution in [0.5, 0.6) is 0 Å². The number of carbonyl (C=O) groups excluding carboxylic acids is 1. The van der Waals surface area contributed by atoms with Crippen LogP contribution in [0.4, 0.5) is 4.79 Å². The topological polar surface area (TPSA) is 67.4 Å². The van der Waals surface area contributed by atoms with E-state index in [1.54, 1.807) is 23.5 Å². The number of likely N-dealkylation sites (tertiary alicyclic amines) is 1. The van der Waals surface area contributed by atoms with Crippen LogP contribution in [-0.4, -0.2) is 45.7 Å². The molecule has 0 bridgehead atoms. The van der Waals surface area contributed by atoms with E-state index in [0.29, 0.717) is 6.54 Å². The molecule has 1 aromatic rings. The summed E-state index contributed by atoms with van der Waals surface area (Å²) in [5.41, 5.74) is 0.460. The molecule has 1 aliphatic rings. The van der Waals surface area contributed by atoms with Gasteiger partial charge in [0, 0.05) is 43.8 Å². The van der Waals surface area contributed by atoms with Crippen LogP contribution in [0.15, 0.2) is 18.6 Å². The SMILES string of the molecule is C[C@@H](N[C@@H]1CCCN(C(=O)OC(C)(C)C)C1)c1cnccn1. The average molecular weight is 306 g/mol. The van der Waals surface area contributed by atoms with Crippen LogP contribution < -0.4 is 5.32 Å². The van der Waals surface area contributed by atoms with Crippen molar-refractivity contribution in [3.8, 4) is 0 Å². The maximum Gasteiger partial charge on any atom is 0.410 e. The Kier molecular flexibility index (Phi) is 5.34. The van der Waals surface area contributed by atoms with Crippen molar-refractivity contribution >= 4 is 6.09 Å². The monoisotopic (exact) mass is 306 g/mol. The maximum atomic E-state index is 12.2. The number of nitrogens with zero attached hydrogens (tertiary/aromatic N) is 3. The van der Waals surface area contributed by atoms with E-state index in [1.807, 2.05) is 20.8 Å². The zero-order valence-electron chi connectivity index (χ0n) is 13.9. The molecule has 2 rings (SSSR count). The zero-order chi connectivity index (χ0) is 16.2. The quantitative estimate of drug-likeness (QED) is 0.929. The van der Waals surface area contributed by atoms with E-state index in [2.05, 4.69) is 22.2 Å². The molecule has 0 saturated carbocycles. The van der Waals surface area contributed by atoms with Gasteiger partial charge in [-0.1, -0.05) is 0 Å². The van der Waals surface area contributed by atoms with Crippen molar-refractivity contribution in [3.05, 3.63) is 24.3 Å². The fourth-order valence-electron chi connectivity index (χ4n) is 2.58. The first kappa shape index (κ1) is 16.7. The molecule has 1 aliphatic heterocycles. The van der Waals surface area contributed by atoms with Crippen LogP contribution >= 0.6 is 0 Å². The summed E-state index contributed by atoms with van der Waals surface area (Å²) in [6, 6.07) is 0.357. The molecule has 0 spiro atoms. The number of ether oxygens (including phenoxy) is 1.